The number of hydrogen-bond donors (Lipinski definition) is 1. The number of benzene rings is 2. The lowest BCUT2D eigenvalue weighted by molar-refractivity contribution is -0.147. The van der Waals surface area contributed by atoms with Crippen molar-refractivity contribution in [1.29, 1.82) is 0 Å². The van der Waals surface area contributed by atoms with Crippen molar-refractivity contribution in [1.82, 2.24) is 5.32 Å². The molecule has 0 heterocycles. The molecule has 1 unspecified atom stereocenters. The van der Waals surface area contributed by atoms with Crippen molar-refractivity contribution >= 4 is 12.1 Å². The van der Waals surface area contributed by atoms with Crippen molar-refractivity contribution in [3.63, 3.8) is 0 Å². The Bertz CT molecular complexity index is 754. The van der Waals surface area contributed by atoms with E-state index in [2.05, 4.69) is 5.32 Å². The van der Waals surface area contributed by atoms with Crippen LogP contribution >= 0.6 is 0 Å². The second-order valence-corrected chi connectivity index (χ2v) is 7.12. The lowest BCUT2D eigenvalue weighted by Gasteiger charge is -2.23. The van der Waals surface area contributed by atoms with Crippen LogP contribution < -0.4 is 5.32 Å². The number of rotatable bonds is 6. The molecule has 1 atom stereocenters. The minimum Gasteiger partial charge on any atom is -0.459 e. The molecule has 0 aliphatic rings. The zero-order valence-corrected chi connectivity index (χ0v) is 15.7. The first-order valence-corrected chi connectivity index (χ1v) is 8.67. The van der Waals surface area contributed by atoms with Crippen LogP contribution in [0.15, 0.2) is 54.6 Å². The smallest absolute Gasteiger partial charge is 0.408 e. The third-order valence-electron chi connectivity index (χ3n) is 3.55. The summed E-state index contributed by atoms with van der Waals surface area (Å²) in [6.45, 7) is 5.29. The average Bonchev–Trinajstić information content (AvgIpc) is 2.60. The van der Waals surface area contributed by atoms with Gasteiger partial charge in [-0.15, -0.1) is 0 Å². The predicted molar refractivity (Wildman–Crippen MR) is 99.5 cm³/mol. The lowest BCUT2D eigenvalue weighted by atomic mass is 10.1. The minimum atomic E-state index is -0.950. The van der Waals surface area contributed by atoms with Gasteiger partial charge in [-0.25, -0.2) is 14.0 Å². The monoisotopic (exact) mass is 373 g/mol. The fraction of sp³-hybridized carbons (Fsp3) is 0.333. The molecule has 144 valence electrons. The second kappa shape index (κ2) is 9.16. The molecule has 0 fully saturated rings. The molecule has 2 rings (SSSR count). The molecule has 2 aromatic carbocycles. The molecular weight excluding hydrogens is 349 g/mol. The quantitative estimate of drug-likeness (QED) is 0.777. The molecule has 5 nitrogen and oxygen atoms in total. The van der Waals surface area contributed by atoms with Gasteiger partial charge in [0, 0.05) is 6.42 Å². The average molecular weight is 373 g/mol. The van der Waals surface area contributed by atoms with Crippen molar-refractivity contribution in [2.45, 2.75) is 45.4 Å². The molecule has 0 saturated carbocycles. The maximum atomic E-state index is 13.1. The molecule has 0 aliphatic carbocycles. The summed E-state index contributed by atoms with van der Waals surface area (Å²) in [6.07, 6.45) is -0.557. The van der Waals surface area contributed by atoms with Gasteiger partial charge < -0.3 is 14.8 Å². The standard InChI is InChI=1S/C21H24FNO4/c1-21(2,3)27-20(25)23-18(13-15-9-11-17(22)12-10-15)19(24)26-14-16-7-5-4-6-8-16/h4-12,18H,13-14H2,1-3H3,(H,23,25). The van der Waals surface area contributed by atoms with Gasteiger partial charge in [0.05, 0.1) is 0 Å². The van der Waals surface area contributed by atoms with Gasteiger partial charge in [-0.1, -0.05) is 42.5 Å². The summed E-state index contributed by atoms with van der Waals surface area (Å²) in [5, 5.41) is 2.54. The van der Waals surface area contributed by atoms with E-state index in [1.807, 2.05) is 30.3 Å². The zero-order valence-electron chi connectivity index (χ0n) is 15.7. The van der Waals surface area contributed by atoms with Gasteiger partial charge >= 0.3 is 12.1 Å². The fourth-order valence-electron chi connectivity index (χ4n) is 2.33. The highest BCUT2D eigenvalue weighted by molar-refractivity contribution is 5.81. The number of amides is 1. The summed E-state index contributed by atoms with van der Waals surface area (Å²) in [5.74, 6) is -0.962. The fourth-order valence-corrected chi connectivity index (χ4v) is 2.33. The molecule has 2 aromatic rings. The predicted octanol–water partition coefficient (Wildman–Crippen LogP) is 4.00. The van der Waals surface area contributed by atoms with Crippen molar-refractivity contribution in [3.05, 3.63) is 71.5 Å². The van der Waals surface area contributed by atoms with E-state index in [0.29, 0.717) is 5.56 Å². The first-order chi connectivity index (χ1) is 12.7. The molecular formula is C21H24FNO4. The molecule has 0 aliphatic heterocycles. The summed E-state index contributed by atoms with van der Waals surface area (Å²) in [5.41, 5.74) is 0.830. The van der Waals surface area contributed by atoms with Gasteiger partial charge in [0.1, 0.15) is 24.1 Å². The van der Waals surface area contributed by atoms with Gasteiger partial charge in [0.25, 0.3) is 0 Å². The van der Waals surface area contributed by atoms with E-state index in [-0.39, 0.29) is 18.8 Å². The molecule has 0 bridgehead atoms. The number of ether oxygens (including phenoxy) is 2. The lowest BCUT2D eigenvalue weighted by Crippen LogP contribution is -2.45. The molecule has 0 spiro atoms. The Hall–Kier alpha value is -2.89. The number of esters is 1. The van der Waals surface area contributed by atoms with Crippen LogP contribution in [0.4, 0.5) is 9.18 Å². The minimum absolute atomic E-state index is 0.0928. The molecule has 0 aromatic heterocycles. The summed E-state index contributed by atoms with van der Waals surface area (Å²) in [6, 6.07) is 14.0. The third-order valence-corrected chi connectivity index (χ3v) is 3.55. The summed E-state index contributed by atoms with van der Waals surface area (Å²) < 4.78 is 23.7. The maximum absolute atomic E-state index is 13.1. The van der Waals surface area contributed by atoms with E-state index in [9.17, 15) is 14.0 Å². The highest BCUT2D eigenvalue weighted by Gasteiger charge is 2.26. The second-order valence-electron chi connectivity index (χ2n) is 7.12. The van der Waals surface area contributed by atoms with E-state index >= 15 is 0 Å². The van der Waals surface area contributed by atoms with Crippen molar-refractivity contribution in [3.8, 4) is 0 Å². The Kier molecular flexibility index (Phi) is 6.93. The molecule has 27 heavy (non-hydrogen) atoms. The van der Waals surface area contributed by atoms with Crippen LogP contribution in [0.5, 0.6) is 0 Å². The van der Waals surface area contributed by atoms with Gasteiger partial charge in [-0.05, 0) is 44.0 Å². The summed E-state index contributed by atoms with van der Waals surface area (Å²) in [4.78, 5) is 24.6. The van der Waals surface area contributed by atoms with Crippen molar-refractivity contribution in [2.24, 2.45) is 0 Å². The molecule has 1 N–H and O–H groups in total. The van der Waals surface area contributed by atoms with E-state index in [1.54, 1.807) is 32.9 Å². The van der Waals surface area contributed by atoms with Gasteiger partial charge in [-0.2, -0.15) is 0 Å². The third kappa shape index (κ3) is 7.48. The largest absolute Gasteiger partial charge is 0.459 e. The van der Waals surface area contributed by atoms with E-state index in [1.165, 1.54) is 12.1 Å². The molecule has 0 radical (unpaired) electrons. The van der Waals surface area contributed by atoms with Crippen LogP contribution in [0, 0.1) is 5.82 Å². The first-order valence-electron chi connectivity index (χ1n) is 8.67. The van der Waals surface area contributed by atoms with Crippen LogP contribution in [-0.2, 0) is 27.3 Å². The zero-order chi connectivity index (χ0) is 19.9. The normalized spacial score (nSPS) is 12.1. The number of alkyl carbamates (subject to hydrolysis) is 1. The van der Waals surface area contributed by atoms with E-state index < -0.39 is 23.7 Å². The van der Waals surface area contributed by atoms with Crippen LogP contribution in [0.2, 0.25) is 0 Å². The van der Waals surface area contributed by atoms with Gasteiger partial charge in [-0.3, -0.25) is 0 Å². The molecule has 0 saturated heterocycles. The van der Waals surface area contributed by atoms with Gasteiger partial charge in [0.2, 0.25) is 0 Å². The first kappa shape index (κ1) is 20.4. The van der Waals surface area contributed by atoms with Crippen LogP contribution in [0.3, 0.4) is 0 Å². The highest BCUT2D eigenvalue weighted by atomic mass is 19.1. The Labute approximate surface area is 158 Å². The Morgan fingerprint density at radius 2 is 1.63 bits per heavy atom. The Morgan fingerprint density at radius 3 is 2.22 bits per heavy atom. The summed E-state index contributed by atoms with van der Waals surface area (Å²) in [7, 11) is 0. The Balaban J connectivity index is 2.06. The maximum Gasteiger partial charge on any atom is 0.408 e. The van der Waals surface area contributed by atoms with Crippen LogP contribution in [0.25, 0.3) is 0 Å². The number of carbonyl (C=O) groups excluding carboxylic acids is 2. The molecule has 6 heteroatoms. The van der Waals surface area contributed by atoms with E-state index in [4.69, 9.17) is 9.47 Å². The summed E-state index contributed by atoms with van der Waals surface area (Å²) >= 11 is 0. The van der Waals surface area contributed by atoms with Crippen molar-refractivity contribution < 1.29 is 23.5 Å². The van der Waals surface area contributed by atoms with Crippen LogP contribution in [-0.4, -0.2) is 23.7 Å². The number of nitrogens with one attached hydrogen (secondary N) is 1. The van der Waals surface area contributed by atoms with E-state index in [0.717, 1.165) is 5.56 Å². The SMILES string of the molecule is CC(C)(C)OC(=O)NC(Cc1ccc(F)cc1)C(=O)OCc1ccccc1. The topological polar surface area (TPSA) is 64.6 Å². The number of hydrogen-bond acceptors (Lipinski definition) is 4. The van der Waals surface area contributed by atoms with Crippen LogP contribution in [0.1, 0.15) is 31.9 Å². The highest BCUT2D eigenvalue weighted by Crippen LogP contribution is 2.11. The van der Waals surface area contributed by atoms with Gasteiger partial charge in [0.15, 0.2) is 0 Å². The number of halogens is 1. The Morgan fingerprint density at radius 1 is 1.00 bits per heavy atom. The molecule has 1 amide bonds. The van der Waals surface area contributed by atoms with Crippen molar-refractivity contribution in [2.75, 3.05) is 0 Å². The number of carbonyl (C=O) groups is 2.